The Morgan fingerprint density at radius 1 is 1.09 bits per heavy atom. The van der Waals surface area contributed by atoms with Crippen molar-refractivity contribution in [1.29, 1.82) is 0 Å². The number of nitrogens with zero attached hydrogens (tertiary/aromatic N) is 1. The topological polar surface area (TPSA) is 55.8 Å². The number of methoxy groups -OCH3 is 1. The van der Waals surface area contributed by atoms with Gasteiger partial charge >= 0.3 is 0 Å². The first-order valence-corrected chi connectivity index (χ1v) is 12.6. The van der Waals surface area contributed by atoms with Gasteiger partial charge < -0.3 is 9.47 Å². The molecule has 5 nitrogen and oxygen atoms in total. The minimum atomic E-state index is -0.419. The van der Waals surface area contributed by atoms with Gasteiger partial charge in [-0.05, 0) is 86.9 Å². The van der Waals surface area contributed by atoms with Crippen LogP contribution in [0.25, 0.3) is 6.08 Å². The van der Waals surface area contributed by atoms with Crippen molar-refractivity contribution < 1.29 is 23.5 Å². The number of hydrogen-bond donors (Lipinski definition) is 0. The quantitative estimate of drug-likeness (QED) is 0.261. The van der Waals surface area contributed by atoms with Crippen LogP contribution in [-0.4, -0.2) is 23.2 Å². The fourth-order valence-corrected chi connectivity index (χ4v) is 5.19. The van der Waals surface area contributed by atoms with E-state index in [1.54, 1.807) is 48.5 Å². The first-order valence-electron chi connectivity index (χ1n) is 10.2. The number of carbonyl (C=O) groups excluding carboxylic acids is 2. The predicted octanol–water partition coefficient (Wildman–Crippen LogP) is 7.72. The Bertz CT molecular complexity index is 1330. The van der Waals surface area contributed by atoms with E-state index >= 15 is 0 Å². The number of rotatable bonds is 7. The largest absolute Gasteiger partial charge is 0.493 e. The van der Waals surface area contributed by atoms with Crippen LogP contribution in [0.2, 0.25) is 10.0 Å². The molecule has 0 atom stereocenters. The highest BCUT2D eigenvalue weighted by Crippen LogP contribution is 2.40. The van der Waals surface area contributed by atoms with E-state index < -0.39 is 11.1 Å². The zero-order valence-electron chi connectivity index (χ0n) is 18.2. The maximum Gasteiger partial charge on any atom is 0.293 e. The summed E-state index contributed by atoms with van der Waals surface area (Å²) in [6.07, 6.45) is 1.62. The Morgan fingerprint density at radius 3 is 2.51 bits per heavy atom. The molecule has 1 aliphatic heterocycles. The average Bonchev–Trinajstić information content (AvgIpc) is 3.08. The van der Waals surface area contributed by atoms with Gasteiger partial charge in [-0.15, -0.1) is 0 Å². The summed E-state index contributed by atoms with van der Waals surface area (Å²) in [6, 6.07) is 14.4. The summed E-state index contributed by atoms with van der Waals surface area (Å²) < 4.78 is 25.1. The van der Waals surface area contributed by atoms with Crippen LogP contribution >= 0.6 is 50.9 Å². The van der Waals surface area contributed by atoms with Crippen molar-refractivity contribution in [2.45, 2.75) is 13.2 Å². The molecule has 1 fully saturated rings. The van der Waals surface area contributed by atoms with E-state index in [1.165, 1.54) is 19.2 Å². The number of amides is 2. The number of hydrogen-bond acceptors (Lipinski definition) is 5. The van der Waals surface area contributed by atoms with E-state index in [0.29, 0.717) is 37.1 Å². The van der Waals surface area contributed by atoms with Crippen LogP contribution in [0.4, 0.5) is 9.18 Å². The highest BCUT2D eigenvalue weighted by Gasteiger charge is 2.35. The third-order valence-corrected chi connectivity index (χ3v) is 7.15. The Kier molecular flexibility index (Phi) is 8.06. The zero-order chi connectivity index (χ0) is 25.1. The molecule has 1 heterocycles. The molecule has 0 N–H and O–H groups in total. The zero-order valence-corrected chi connectivity index (χ0v) is 22.1. The van der Waals surface area contributed by atoms with Gasteiger partial charge in [-0.2, -0.15) is 0 Å². The molecule has 0 radical (unpaired) electrons. The molecule has 0 aliphatic carbocycles. The fraction of sp³-hybridized carbons (Fsp3) is 0.120. The van der Waals surface area contributed by atoms with Gasteiger partial charge in [-0.1, -0.05) is 41.4 Å². The third-order valence-electron chi connectivity index (χ3n) is 5.06. The van der Waals surface area contributed by atoms with Crippen LogP contribution in [0.5, 0.6) is 11.5 Å². The Balaban J connectivity index is 1.53. The van der Waals surface area contributed by atoms with Crippen LogP contribution in [0.1, 0.15) is 16.7 Å². The van der Waals surface area contributed by atoms with Gasteiger partial charge in [0.15, 0.2) is 11.5 Å². The van der Waals surface area contributed by atoms with Crippen molar-refractivity contribution in [1.82, 2.24) is 4.90 Å². The van der Waals surface area contributed by atoms with E-state index in [0.717, 1.165) is 22.2 Å². The summed E-state index contributed by atoms with van der Waals surface area (Å²) in [5.41, 5.74) is 2.04. The van der Waals surface area contributed by atoms with Crippen molar-refractivity contribution in [2.75, 3.05) is 7.11 Å². The van der Waals surface area contributed by atoms with Crippen LogP contribution < -0.4 is 9.47 Å². The Labute approximate surface area is 223 Å². The standard InChI is InChI=1S/C25H17BrCl2FNO4S/c1-33-21-9-15(8-19(26)23(21)34-13-14-2-6-18(29)7-3-14)10-22-24(31)30(25(32)35-22)12-16-4-5-17(27)11-20(16)28/h2-11H,12-13H2,1H3/b22-10-. The van der Waals surface area contributed by atoms with E-state index in [2.05, 4.69) is 15.9 Å². The molecule has 180 valence electrons. The number of ether oxygens (including phenoxy) is 2. The molecule has 0 unspecified atom stereocenters. The lowest BCUT2D eigenvalue weighted by atomic mass is 10.1. The summed E-state index contributed by atoms with van der Waals surface area (Å²) in [5.74, 6) is 0.148. The number of thioether (sulfide) groups is 1. The van der Waals surface area contributed by atoms with Crippen molar-refractivity contribution >= 4 is 68.1 Å². The van der Waals surface area contributed by atoms with Gasteiger partial charge in [0.2, 0.25) is 0 Å². The predicted molar refractivity (Wildman–Crippen MR) is 139 cm³/mol. The molecule has 0 spiro atoms. The second-order valence-electron chi connectivity index (χ2n) is 7.45. The molecule has 0 bridgehead atoms. The molecular weight excluding hydrogens is 580 g/mol. The molecule has 0 saturated carbocycles. The van der Waals surface area contributed by atoms with Gasteiger partial charge in [0, 0.05) is 10.0 Å². The number of benzene rings is 3. The first-order chi connectivity index (χ1) is 16.7. The van der Waals surface area contributed by atoms with Gasteiger partial charge in [0.05, 0.1) is 23.0 Å². The number of imide groups is 1. The van der Waals surface area contributed by atoms with Crippen molar-refractivity contribution in [3.05, 3.63) is 96.5 Å². The van der Waals surface area contributed by atoms with Gasteiger partial charge in [0.25, 0.3) is 11.1 Å². The second kappa shape index (κ2) is 11.0. The van der Waals surface area contributed by atoms with Crippen molar-refractivity contribution in [3.8, 4) is 11.5 Å². The molecule has 10 heteroatoms. The van der Waals surface area contributed by atoms with Gasteiger partial charge in [0.1, 0.15) is 12.4 Å². The first kappa shape index (κ1) is 25.6. The highest BCUT2D eigenvalue weighted by molar-refractivity contribution is 9.10. The van der Waals surface area contributed by atoms with E-state index in [9.17, 15) is 14.0 Å². The maximum absolute atomic E-state index is 13.1. The summed E-state index contributed by atoms with van der Waals surface area (Å²) in [6.45, 7) is 0.252. The molecule has 3 aromatic carbocycles. The molecule has 1 aliphatic rings. The molecule has 1 saturated heterocycles. The summed E-state index contributed by atoms with van der Waals surface area (Å²) in [7, 11) is 1.50. The lowest BCUT2D eigenvalue weighted by Gasteiger charge is -2.14. The Morgan fingerprint density at radius 2 is 1.83 bits per heavy atom. The summed E-state index contributed by atoms with van der Waals surface area (Å²) in [4.78, 5) is 26.9. The Hall–Kier alpha value is -2.52. The minimum absolute atomic E-state index is 0.0428. The van der Waals surface area contributed by atoms with Gasteiger partial charge in [-0.3, -0.25) is 14.5 Å². The normalized spacial score (nSPS) is 14.7. The third kappa shape index (κ3) is 6.01. The monoisotopic (exact) mass is 595 g/mol. The second-order valence-corrected chi connectivity index (χ2v) is 10.1. The summed E-state index contributed by atoms with van der Waals surface area (Å²) >= 11 is 16.5. The summed E-state index contributed by atoms with van der Waals surface area (Å²) in [5, 5.41) is 0.459. The molecule has 4 rings (SSSR count). The number of halogens is 4. The molecular formula is C25H17BrCl2FNO4S. The fourth-order valence-electron chi connectivity index (χ4n) is 3.31. The van der Waals surface area contributed by atoms with Crippen molar-refractivity contribution in [2.24, 2.45) is 0 Å². The average molecular weight is 597 g/mol. The molecule has 3 aromatic rings. The van der Waals surface area contributed by atoms with Crippen LogP contribution in [0.3, 0.4) is 0 Å². The van der Waals surface area contributed by atoms with Crippen LogP contribution in [0.15, 0.2) is 64.0 Å². The van der Waals surface area contributed by atoms with E-state index in [4.69, 9.17) is 32.7 Å². The SMILES string of the molecule is COc1cc(/C=C2\SC(=O)N(Cc3ccc(Cl)cc3Cl)C2=O)cc(Br)c1OCc1ccc(F)cc1. The molecule has 2 amide bonds. The van der Waals surface area contributed by atoms with E-state index in [-0.39, 0.29) is 23.9 Å². The van der Waals surface area contributed by atoms with Crippen LogP contribution in [-0.2, 0) is 17.9 Å². The number of carbonyl (C=O) groups is 2. The van der Waals surface area contributed by atoms with Crippen molar-refractivity contribution in [3.63, 3.8) is 0 Å². The lowest BCUT2D eigenvalue weighted by molar-refractivity contribution is -0.123. The maximum atomic E-state index is 13.1. The van der Waals surface area contributed by atoms with Crippen LogP contribution in [0, 0.1) is 5.82 Å². The molecule has 35 heavy (non-hydrogen) atoms. The molecule has 0 aromatic heterocycles. The highest BCUT2D eigenvalue weighted by atomic mass is 79.9. The smallest absolute Gasteiger partial charge is 0.293 e. The minimum Gasteiger partial charge on any atom is -0.493 e. The van der Waals surface area contributed by atoms with Gasteiger partial charge in [-0.25, -0.2) is 4.39 Å². The lowest BCUT2D eigenvalue weighted by Crippen LogP contribution is -2.27. The van der Waals surface area contributed by atoms with E-state index in [1.807, 2.05) is 0 Å².